The predicted octanol–water partition coefficient (Wildman–Crippen LogP) is 1.93. The lowest BCUT2D eigenvalue weighted by Gasteiger charge is -2.23. The lowest BCUT2D eigenvalue weighted by atomic mass is 9.99. The van der Waals surface area contributed by atoms with Crippen molar-refractivity contribution in [1.82, 2.24) is 10.3 Å². The number of nitrogens with one attached hydrogen (secondary N) is 2. The molecule has 4 nitrogen and oxygen atoms in total. The van der Waals surface area contributed by atoms with E-state index in [1.165, 1.54) is 5.57 Å². The molecule has 1 aromatic heterocycles. The Morgan fingerprint density at radius 1 is 0.808 bits per heavy atom. The summed E-state index contributed by atoms with van der Waals surface area (Å²) in [5.74, 6) is 0. The van der Waals surface area contributed by atoms with Crippen molar-refractivity contribution in [3.05, 3.63) is 94.1 Å². The summed E-state index contributed by atoms with van der Waals surface area (Å²) >= 11 is 0. The number of aromatic nitrogens is 1. The van der Waals surface area contributed by atoms with Crippen LogP contribution in [0.2, 0.25) is 0 Å². The number of aromatic amines is 1. The van der Waals surface area contributed by atoms with Gasteiger partial charge in [-0.05, 0) is 66.3 Å². The van der Waals surface area contributed by atoms with E-state index in [1.54, 1.807) is 0 Å². The fourth-order valence-corrected chi connectivity index (χ4v) is 3.99. The topological polar surface area (TPSA) is 52.5 Å². The molecule has 9 bridgehead atoms. The zero-order valence-electron chi connectivity index (χ0n) is 14.0. The molecule has 0 saturated heterocycles. The molecule has 0 aromatic carbocycles. The normalized spacial score (nSPS) is 26.9. The summed E-state index contributed by atoms with van der Waals surface area (Å²) in [6.45, 7) is 0. The highest BCUT2D eigenvalue weighted by atomic mass is 15.0. The molecule has 0 saturated carbocycles. The molecule has 1 aromatic rings. The minimum atomic E-state index is -0.169. The van der Waals surface area contributed by atoms with Crippen LogP contribution in [0, 0.1) is 0 Å². The Morgan fingerprint density at radius 2 is 1.54 bits per heavy atom. The van der Waals surface area contributed by atoms with Crippen LogP contribution < -0.4 is 16.0 Å². The maximum atomic E-state index is 4.76. The van der Waals surface area contributed by atoms with Crippen molar-refractivity contribution in [1.29, 1.82) is 0 Å². The quantitative estimate of drug-likeness (QED) is 0.747. The van der Waals surface area contributed by atoms with E-state index in [1.807, 2.05) is 0 Å². The number of hydrogen-bond acceptors (Lipinski definition) is 3. The van der Waals surface area contributed by atoms with Crippen molar-refractivity contribution in [3.8, 4) is 0 Å². The Kier molecular flexibility index (Phi) is 2.57. The number of allylic oxidation sites excluding steroid dienone is 6. The third-order valence-electron chi connectivity index (χ3n) is 5.18. The summed E-state index contributed by atoms with van der Waals surface area (Å²) in [4.78, 5) is 12.9. The molecule has 5 heterocycles. The third-order valence-corrected chi connectivity index (χ3v) is 5.18. The molecule has 26 heavy (non-hydrogen) atoms. The van der Waals surface area contributed by atoms with E-state index < -0.39 is 0 Å². The molecule has 1 aliphatic carbocycles. The van der Waals surface area contributed by atoms with E-state index in [0.29, 0.717) is 0 Å². The van der Waals surface area contributed by atoms with Crippen molar-refractivity contribution in [2.45, 2.75) is 12.0 Å². The van der Waals surface area contributed by atoms with Crippen molar-refractivity contribution < 1.29 is 0 Å². The summed E-state index contributed by atoms with van der Waals surface area (Å²) in [7, 11) is 0. The average molecular weight is 336 g/mol. The number of H-pyrrole nitrogens is 1. The molecule has 5 aliphatic rings. The number of fused-ring (bicyclic) bond motifs is 6. The Morgan fingerprint density at radius 3 is 2.35 bits per heavy atom. The Bertz CT molecular complexity index is 1220. The molecule has 4 heteroatoms. The summed E-state index contributed by atoms with van der Waals surface area (Å²) < 4.78 is 0. The minimum absolute atomic E-state index is 0.169. The largest absolute Gasteiger partial charge is 0.372 e. The van der Waals surface area contributed by atoms with Crippen LogP contribution in [0.5, 0.6) is 0 Å². The fourth-order valence-electron chi connectivity index (χ4n) is 3.99. The van der Waals surface area contributed by atoms with Gasteiger partial charge in [0.05, 0.1) is 28.4 Å². The van der Waals surface area contributed by atoms with E-state index in [0.717, 1.165) is 45.6 Å². The summed E-state index contributed by atoms with van der Waals surface area (Å²) in [6, 6.07) is 4.13. The molecule has 1 atom stereocenters. The van der Waals surface area contributed by atoms with Crippen LogP contribution in [-0.2, 0) is 0 Å². The van der Waals surface area contributed by atoms with Gasteiger partial charge in [-0.25, -0.2) is 9.98 Å². The van der Waals surface area contributed by atoms with Gasteiger partial charge in [0, 0.05) is 22.8 Å². The minimum Gasteiger partial charge on any atom is -0.372 e. The Labute approximate surface area is 150 Å². The highest BCUT2D eigenvalue weighted by Gasteiger charge is 2.37. The van der Waals surface area contributed by atoms with Gasteiger partial charge in [0.15, 0.2) is 0 Å². The third kappa shape index (κ3) is 2.15. The van der Waals surface area contributed by atoms with Gasteiger partial charge in [-0.15, -0.1) is 0 Å². The monoisotopic (exact) mass is 336 g/mol. The van der Waals surface area contributed by atoms with Gasteiger partial charge < -0.3 is 10.3 Å². The van der Waals surface area contributed by atoms with Crippen molar-refractivity contribution in [2.75, 3.05) is 0 Å². The first-order valence-electron chi connectivity index (χ1n) is 8.80. The summed E-state index contributed by atoms with van der Waals surface area (Å²) in [5, 5.41) is 5.73. The van der Waals surface area contributed by atoms with Crippen LogP contribution in [0.15, 0.2) is 93.4 Å². The molecule has 0 fully saturated rings. The van der Waals surface area contributed by atoms with Crippen molar-refractivity contribution in [3.63, 3.8) is 0 Å². The van der Waals surface area contributed by atoms with E-state index in [2.05, 4.69) is 83.2 Å². The smallest absolute Gasteiger partial charge is 0.0808 e. The maximum absolute atomic E-state index is 4.76. The highest BCUT2D eigenvalue weighted by Crippen LogP contribution is 2.39. The van der Waals surface area contributed by atoms with Gasteiger partial charge in [0.2, 0.25) is 0 Å². The zero-order valence-corrected chi connectivity index (χ0v) is 14.0. The van der Waals surface area contributed by atoms with E-state index >= 15 is 0 Å². The lowest BCUT2D eigenvalue weighted by Crippen LogP contribution is -2.35. The lowest BCUT2D eigenvalue weighted by molar-refractivity contribution is 0.599. The molecule has 1 spiro atoms. The molecule has 2 N–H and O–H groups in total. The van der Waals surface area contributed by atoms with Crippen molar-refractivity contribution >= 4 is 23.6 Å². The first kappa shape index (κ1) is 13.8. The molecular weight excluding hydrogens is 320 g/mol. The first-order valence-corrected chi connectivity index (χ1v) is 8.80. The second-order valence-electron chi connectivity index (χ2n) is 7.15. The number of nitrogens with zero attached hydrogens (tertiary/aromatic N) is 2. The number of aliphatic imine (C=N–C) groups is 2. The van der Waals surface area contributed by atoms with Gasteiger partial charge in [-0.1, -0.05) is 12.2 Å². The SMILES string of the molecule is C1=CC2=NC1=CC1=C3C=CC(C=C4C=CC(=N4)C=c4ccc([nH]4)=C2)(C3)N1. The Balaban J connectivity index is 1.56. The van der Waals surface area contributed by atoms with Gasteiger partial charge in [-0.3, -0.25) is 0 Å². The fraction of sp³-hybridized carbons (Fsp3) is 0.0909. The highest BCUT2D eigenvalue weighted by molar-refractivity contribution is 6.20. The van der Waals surface area contributed by atoms with Crippen LogP contribution in [0.1, 0.15) is 6.42 Å². The first-order chi connectivity index (χ1) is 12.7. The number of rotatable bonds is 0. The second kappa shape index (κ2) is 4.82. The molecule has 1 unspecified atom stereocenters. The Hall–Kier alpha value is -3.40. The van der Waals surface area contributed by atoms with Gasteiger partial charge >= 0.3 is 0 Å². The molecule has 0 amide bonds. The zero-order chi connectivity index (χ0) is 17.1. The van der Waals surface area contributed by atoms with Gasteiger partial charge in [-0.2, -0.15) is 0 Å². The van der Waals surface area contributed by atoms with E-state index in [-0.39, 0.29) is 5.54 Å². The van der Waals surface area contributed by atoms with Crippen LogP contribution >= 0.6 is 0 Å². The maximum Gasteiger partial charge on any atom is 0.0808 e. The van der Waals surface area contributed by atoms with Crippen LogP contribution in [0.3, 0.4) is 0 Å². The van der Waals surface area contributed by atoms with Gasteiger partial charge in [0.1, 0.15) is 0 Å². The number of dihydropyridines is 1. The standard InChI is InChI=1S/C22H16N4/c1-2-16-10-18-5-6-20(25-18)13-22-8-7-14(12-22)21(26-22)11-19-4-3-17(24-19)9-15(1)23-16/h1-11,13,23,26H,12H2. The second-order valence-corrected chi connectivity index (χ2v) is 7.15. The van der Waals surface area contributed by atoms with Crippen molar-refractivity contribution in [2.24, 2.45) is 9.98 Å². The average Bonchev–Trinajstić information content (AvgIpc) is 3.39. The molecule has 0 radical (unpaired) electrons. The van der Waals surface area contributed by atoms with E-state index in [4.69, 9.17) is 9.98 Å². The number of hydrogen-bond donors (Lipinski definition) is 2. The van der Waals surface area contributed by atoms with Crippen LogP contribution in [-0.4, -0.2) is 21.9 Å². The molecule has 4 aliphatic heterocycles. The predicted molar refractivity (Wildman–Crippen MR) is 105 cm³/mol. The molecule has 124 valence electrons. The van der Waals surface area contributed by atoms with Gasteiger partial charge in [0.25, 0.3) is 0 Å². The molecule has 6 rings (SSSR count). The van der Waals surface area contributed by atoms with Crippen LogP contribution in [0.4, 0.5) is 0 Å². The summed E-state index contributed by atoms with van der Waals surface area (Å²) in [6.07, 6.45) is 22.1. The van der Waals surface area contributed by atoms with Crippen LogP contribution in [0.25, 0.3) is 12.2 Å². The molecular formula is C22H16N4. The van der Waals surface area contributed by atoms with E-state index in [9.17, 15) is 0 Å². The summed E-state index contributed by atoms with van der Waals surface area (Å²) in [5.41, 5.74) is 6.19.